The molecule has 0 aliphatic heterocycles. The molecular formula is C9H14N2S2. The van der Waals surface area contributed by atoms with Gasteiger partial charge in [0.05, 0.1) is 11.4 Å². The van der Waals surface area contributed by atoms with Crippen LogP contribution in [-0.4, -0.2) is 19.6 Å². The normalized spacial score (nSPS) is 9.77. The highest BCUT2D eigenvalue weighted by Crippen LogP contribution is 2.29. The Morgan fingerprint density at radius 3 is 2.54 bits per heavy atom. The lowest BCUT2D eigenvalue weighted by atomic mass is 10.3. The summed E-state index contributed by atoms with van der Waals surface area (Å²) in [5.41, 5.74) is 2.37. The van der Waals surface area contributed by atoms with Crippen LogP contribution >= 0.6 is 23.9 Å². The van der Waals surface area contributed by atoms with Gasteiger partial charge in [0.15, 0.2) is 0 Å². The largest absolute Gasteiger partial charge is 0.328 e. The minimum atomic E-state index is 1.16. The standard InChI is InChI=1S/C9H14N2S2/c1-11(13-3)9-7-5-4-6-8(9)10-12-2/h4-7,10H,1-3H3. The summed E-state index contributed by atoms with van der Waals surface area (Å²) >= 11 is 3.31. The fourth-order valence-corrected chi connectivity index (χ4v) is 1.79. The average molecular weight is 214 g/mol. The molecule has 1 aromatic rings. The third-order valence-corrected chi connectivity index (χ3v) is 2.90. The lowest BCUT2D eigenvalue weighted by Gasteiger charge is -2.19. The van der Waals surface area contributed by atoms with Crippen LogP contribution < -0.4 is 9.03 Å². The van der Waals surface area contributed by atoms with Crippen molar-refractivity contribution in [1.29, 1.82) is 0 Å². The Labute approximate surface area is 88.4 Å². The van der Waals surface area contributed by atoms with E-state index in [1.165, 1.54) is 5.69 Å². The van der Waals surface area contributed by atoms with Gasteiger partial charge >= 0.3 is 0 Å². The quantitative estimate of drug-likeness (QED) is 0.774. The van der Waals surface area contributed by atoms with Crippen molar-refractivity contribution >= 4 is 35.3 Å². The van der Waals surface area contributed by atoms with Gasteiger partial charge in [-0.3, -0.25) is 0 Å². The van der Waals surface area contributed by atoms with Crippen LogP contribution in [0.3, 0.4) is 0 Å². The second kappa shape index (κ2) is 5.29. The van der Waals surface area contributed by atoms with Crippen LogP contribution in [0.1, 0.15) is 0 Å². The molecule has 0 aliphatic carbocycles. The fraction of sp³-hybridized carbons (Fsp3) is 0.333. The Kier molecular flexibility index (Phi) is 4.32. The zero-order valence-electron chi connectivity index (χ0n) is 8.07. The Bertz CT molecular complexity index is 266. The van der Waals surface area contributed by atoms with Crippen molar-refractivity contribution in [3.05, 3.63) is 24.3 Å². The van der Waals surface area contributed by atoms with Gasteiger partial charge in [-0.05, 0) is 12.1 Å². The molecule has 1 aromatic carbocycles. The highest BCUT2D eigenvalue weighted by atomic mass is 32.2. The van der Waals surface area contributed by atoms with E-state index < -0.39 is 0 Å². The first-order valence-electron chi connectivity index (χ1n) is 3.95. The number of para-hydroxylation sites is 2. The number of rotatable bonds is 4. The maximum absolute atomic E-state index is 3.25. The van der Waals surface area contributed by atoms with Gasteiger partial charge in [0.25, 0.3) is 0 Å². The van der Waals surface area contributed by atoms with Gasteiger partial charge in [0.1, 0.15) is 0 Å². The summed E-state index contributed by atoms with van der Waals surface area (Å²) in [7, 11) is 2.06. The minimum absolute atomic E-state index is 1.16. The first-order valence-corrected chi connectivity index (χ1v) is 6.36. The van der Waals surface area contributed by atoms with Crippen molar-refractivity contribution in [2.75, 3.05) is 28.6 Å². The molecule has 0 saturated carbocycles. The fourth-order valence-electron chi connectivity index (χ4n) is 1.04. The molecule has 1 N–H and O–H groups in total. The zero-order valence-corrected chi connectivity index (χ0v) is 9.71. The maximum atomic E-state index is 3.25. The molecule has 13 heavy (non-hydrogen) atoms. The second-order valence-electron chi connectivity index (χ2n) is 2.50. The lowest BCUT2D eigenvalue weighted by Crippen LogP contribution is -2.06. The van der Waals surface area contributed by atoms with Crippen molar-refractivity contribution in [2.45, 2.75) is 0 Å². The monoisotopic (exact) mass is 214 g/mol. The van der Waals surface area contributed by atoms with E-state index in [-0.39, 0.29) is 0 Å². The molecule has 0 aromatic heterocycles. The van der Waals surface area contributed by atoms with Crippen molar-refractivity contribution < 1.29 is 0 Å². The smallest absolute Gasteiger partial charge is 0.0707 e. The summed E-state index contributed by atoms with van der Waals surface area (Å²) in [5.74, 6) is 0. The van der Waals surface area contributed by atoms with Crippen LogP contribution in [0.4, 0.5) is 11.4 Å². The van der Waals surface area contributed by atoms with Crippen molar-refractivity contribution in [2.24, 2.45) is 0 Å². The van der Waals surface area contributed by atoms with Gasteiger partial charge in [0, 0.05) is 19.6 Å². The lowest BCUT2D eigenvalue weighted by molar-refractivity contribution is 1.37. The molecule has 0 unspecified atom stereocenters. The highest BCUT2D eigenvalue weighted by molar-refractivity contribution is 8.00. The summed E-state index contributed by atoms with van der Waals surface area (Å²) in [6.07, 6.45) is 4.09. The van der Waals surface area contributed by atoms with Crippen LogP contribution in [0, 0.1) is 0 Å². The number of hydrogen-bond acceptors (Lipinski definition) is 4. The molecule has 0 amide bonds. The van der Waals surface area contributed by atoms with Crippen molar-refractivity contribution in [3.8, 4) is 0 Å². The third kappa shape index (κ3) is 2.74. The minimum Gasteiger partial charge on any atom is -0.328 e. The van der Waals surface area contributed by atoms with E-state index in [0.29, 0.717) is 0 Å². The summed E-state index contributed by atoms with van der Waals surface area (Å²) in [4.78, 5) is 0. The van der Waals surface area contributed by atoms with Gasteiger partial charge in [-0.15, -0.1) is 0 Å². The molecule has 4 heteroatoms. The van der Waals surface area contributed by atoms with Crippen LogP contribution in [0.15, 0.2) is 24.3 Å². The molecule has 0 fully saturated rings. The molecule has 72 valence electrons. The van der Waals surface area contributed by atoms with E-state index in [9.17, 15) is 0 Å². The van der Waals surface area contributed by atoms with E-state index in [4.69, 9.17) is 0 Å². The van der Waals surface area contributed by atoms with Crippen LogP contribution in [0.25, 0.3) is 0 Å². The highest BCUT2D eigenvalue weighted by Gasteiger charge is 2.04. The van der Waals surface area contributed by atoms with E-state index in [1.54, 1.807) is 23.9 Å². The third-order valence-electron chi connectivity index (χ3n) is 1.73. The van der Waals surface area contributed by atoms with Crippen molar-refractivity contribution in [3.63, 3.8) is 0 Å². The first-order chi connectivity index (χ1) is 6.29. The number of anilines is 2. The Balaban J connectivity index is 2.90. The predicted molar refractivity (Wildman–Crippen MR) is 65.5 cm³/mol. The molecule has 0 spiro atoms. The molecule has 2 nitrogen and oxygen atoms in total. The molecule has 0 atom stereocenters. The van der Waals surface area contributed by atoms with Crippen LogP contribution in [-0.2, 0) is 0 Å². The Hall–Kier alpha value is -0.480. The molecular weight excluding hydrogens is 200 g/mol. The second-order valence-corrected chi connectivity index (χ2v) is 4.03. The van der Waals surface area contributed by atoms with Crippen molar-refractivity contribution in [1.82, 2.24) is 0 Å². The first kappa shape index (κ1) is 10.6. The average Bonchev–Trinajstić information content (AvgIpc) is 2.18. The maximum Gasteiger partial charge on any atom is 0.0707 e. The zero-order chi connectivity index (χ0) is 9.68. The SMILES string of the molecule is CSNc1ccccc1N(C)SC. The van der Waals surface area contributed by atoms with E-state index >= 15 is 0 Å². The number of nitrogens with one attached hydrogen (secondary N) is 1. The summed E-state index contributed by atoms with van der Waals surface area (Å²) < 4.78 is 5.39. The van der Waals surface area contributed by atoms with E-state index in [2.05, 4.69) is 34.5 Å². The van der Waals surface area contributed by atoms with Gasteiger partial charge in [-0.2, -0.15) is 0 Å². The summed E-state index contributed by atoms with van der Waals surface area (Å²) in [6, 6.07) is 8.28. The van der Waals surface area contributed by atoms with Crippen LogP contribution in [0.5, 0.6) is 0 Å². The number of benzene rings is 1. The van der Waals surface area contributed by atoms with E-state index in [0.717, 1.165) is 5.69 Å². The topological polar surface area (TPSA) is 15.3 Å². The predicted octanol–water partition coefficient (Wildman–Crippen LogP) is 3.09. The Morgan fingerprint density at radius 1 is 1.23 bits per heavy atom. The Morgan fingerprint density at radius 2 is 1.92 bits per heavy atom. The molecule has 0 heterocycles. The molecule has 0 saturated heterocycles. The summed E-state index contributed by atoms with van der Waals surface area (Å²) in [6.45, 7) is 0. The van der Waals surface area contributed by atoms with E-state index in [1.807, 2.05) is 18.4 Å². The molecule has 0 radical (unpaired) electrons. The van der Waals surface area contributed by atoms with Gasteiger partial charge in [-0.1, -0.05) is 36.0 Å². The molecule has 0 aliphatic rings. The van der Waals surface area contributed by atoms with Crippen LogP contribution in [0.2, 0.25) is 0 Å². The van der Waals surface area contributed by atoms with Gasteiger partial charge < -0.3 is 9.03 Å². The molecule has 0 bridgehead atoms. The molecule has 1 rings (SSSR count). The van der Waals surface area contributed by atoms with Gasteiger partial charge in [-0.25, -0.2) is 0 Å². The number of nitrogens with zero attached hydrogens (tertiary/aromatic N) is 1. The number of hydrogen-bond donors (Lipinski definition) is 1. The van der Waals surface area contributed by atoms with Gasteiger partial charge in [0.2, 0.25) is 0 Å². The summed E-state index contributed by atoms with van der Waals surface area (Å²) in [5, 5.41) is 0.